The number of rotatable bonds is 3. The Morgan fingerprint density at radius 2 is 2.27 bits per heavy atom. The molecule has 0 bridgehead atoms. The van der Waals surface area contributed by atoms with E-state index in [1.54, 1.807) is 0 Å². The minimum Gasteiger partial charge on any atom is -0.480 e. The molecule has 0 fully saturated rings. The molecule has 5 nitrogen and oxygen atoms in total. The lowest BCUT2D eigenvalue weighted by atomic mass is 10.3. The van der Waals surface area contributed by atoms with E-state index in [1.807, 2.05) is 0 Å². The number of carboxylic acids is 1. The van der Waals surface area contributed by atoms with Gasteiger partial charge in [-0.15, -0.1) is 0 Å². The number of hydrogen-bond donors (Lipinski definition) is 2. The first-order valence-corrected chi connectivity index (χ1v) is 3.91. The molecule has 1 aromatic rings. The minimum absolute atomic E-state index is 0.325. The van der Waals surface area contributed by atoms with Crippen molar-refractivity contribution in [1.82, 2.24) is 9.78 Å². The van der Waals surface area contributed by atoms with Crippen LogP contribution in [0.3, 0.4) is 0 Å². The molecule has 0 spiro atoms. The summed E-state index contributed by atoms with van der Waals surface area (Å²) in [5.74, 6) is -1.32. The molecule has 8 heteroatoms. The van der Waals surface area contributed by atoms with Crippen LogP contribution in [0.5, 0.6) is 0 Å². The van der Waals surface area contributed by atoms with Gasteiger partial charge in [-0.05, 0) is 6.07 Å². The highest BCUT2D eigenvalue weighted by atomic mass is 19.4. The molecule has 0 amide bonds. The molecule has 15 heavy (non-hydrogen) atoms. The number of aromatic nitrogens is 2. The van der Waals surface area contributed by atoms with Crippen molar-refractivity contribution in [3.8, 4) is 0 Å². The first-order chi connectivity index (χ1) is 6.86. The molecule has 84 valence electrons. The third-order valence-electron chi connectivity index (χ3n) is 1.73. The van der Waals surface area contributed by atoms with E-state index < -0.39 is 23.9 Å². The molecule has 0 saturated heterocycles. The molecule has 0 aromatic carbocycles. The summed E-state index contributed by atoms with van der Waals surface area (Å²) in [6, 6.07) is -0.577. The van der Waals surface area contributed by atoms with Crippen LogP contribution in [0.15, 0.2) is 12.3 Å². The zero-order valence-electron chi connectivity index (χ0n) is 7.40. The topological polar surface area (TPSA) is 81.1 Å². The number of aliphatic carboxylic acids is 1. The van der Waals surface area contributed by atoms with Crippen LogP contribution >= 0.6 is 0 Å². The smallest absolute Gasteiger partial charge is 0.435 e. The molecule has 0 aliphatic rings. The largest absolute Gasteiger partial charge is 0.480 e. The van der Waals surface area contributed by atoms with Gasteiger partial charge in [-0.25, -0.2) is 4.79 Å². The molecule has 0 aliphatic carbocycles. The molecule has 1 atom stereocenters. The fourth-order valence-corrected chi connectivity index (χ4v) is 0.985. The van der Waals surface area contributed by atoms with Crippen molar-refractivity contribution < 1.29 is 23.1 Å². The molecular weight excluding hydrogens is 215 g/mol. The monoisotopic (exact) mass is 223 g/mol. The zero-order valence-corrected chi connectivity index (χ0v) is 7.40. The van der Waals surface area contributed by atoms with E-state index in [1.165, 1.54) is 0 Å². The van der Waals surface area contributed by atoms with Crippen molar-refractivity contribution in [2.75, 3.05) is 6.54 Å². The summed E-state index contributed by atoms with van der Waals surface area (Å²) in [5.41, 5.74) is 3.96. The molecule has 1 aromatic heterocycles. The Labute approximate surface area is 82.3 Å². The van der Waals surface area contributed by atoms with Crippen molar-refractivity contribution in [2.24, 2.45) is 5.73 Å². The Kier molecular flexibility index (Phi) is 2.98. The van der Waals surface area contributed by atoms with Gasteiger partial charge in [0, 0.05) is 12.7 Å². The zero-order chi connectivity index (χ0) is 11.6. The van der Waals surface area contributed by atoms with Crippen LogP contribution in [0.4, 0.5) is 13.2 Å². The standard InChI is InChI=1S/C7H8F3N3O2/c8-7(9,10)5-1-2-13(12-5)4(3-11)6(14)15/h1-2,4H,3,11H2,(H,14,15). The van der Waals surface area contributed by atoms with Crippen LogP contribution in [0.1, 0.15) is 11.7 Å². The van der Waals surface area contributed by atoms with E-state index in [2.05, 4.69) is 5.10 Å². The maximum absolute atomic E-state index is 12.1. The molecular formula is C7H8F3N3O2. The number of carbonyl (C=O) groups is 1. The Morgan fingerprint density at radius 3 is 2.60 bits per heavy atom. The van der Waals surface area contributed by atoms with Gasteiger partial charge in [0.2, 0.25) is 0 Å². The van der Waals surface area contributed by atoms with Gasteiger partial charge in [0.1, 0.15) is 0 Å². The fourth-order valence-electron chi connectivity index (χ4n) is 0.985. The molecule has 0 radical (unpaired) electrons. The molecule has 1 unspecified atom stereocenters. The van der Waals surface area contributed by atoms with Gasteiger partial charge >= 0.3 is 12.1 Å². The Hall–Kier alpha value is -1.57. The molecule has 1 rings (SSSR count). The minimum atomic E-state index is -4.58. The molecule has 0 saturated carbocycles. The van der Waals surface area contributed by atoms with Crippen molar-refractivity contribution in [3.05, 3.63) is 18.0 Å². The van der Waals surface area contributed by atoms with Crippen molar-refractivity contribution >= 4 is 5.97 Å². The summed E-state index contributed by atoms with van der Waals surface area (Å²) >= 11 is 0. The second kappa shape index (κ2) is 3.89. The number of nitrogens with zero attached hydrogens (tertiary/aromatic N) is 2. The quantitative estimate of drug-likeness (QED) is 0.781. The molecule has 0 aliphatic heterocycles. The van der Waals surface area contributed by atoms with Gasteiger partial charge in [-0.1, -0.05) is 0 Å². The maximum Gasteiger partial charge on any atom is 0.435 e. The van der Waals surface area contributed by atoms with Gasteiger partial charge in [-0.2, -0.15) is 18.3 Å². The highest BCUT2D eigenvalue weighted by Crippen LogP contribution is 2.27. The average Bonchev–Trinajstić information content (AvgIpc) is 2.52. The van der Waals surface area contributed by atoms with Crippen LogP contribution in [-0.4, -0.2) is 27.4 Å². The van der Waals surface area contributed by atoms with E-state index in [0.29, 0.717) is 10.7 Å². The van der Waals surface area contributed by atoms with Crippen LogP contribution in [-0.2, 0) is 11.0 Å². The van der Waals surface area contributed by atoms with Crippen LogP contribution in [0.2, 0.25) is 0 Å². The summed E-state index contributed by atoms with van der Waals surface area (Å²) in [5, 5.41) is 11.7. The van der Waals surface area contributed by atoms with Crippen LogP contribution in [0, 0.1) is 0 Å². The van der Waals surface area contributed by atoms with Gasteiger partial charge in [0.05, 0.1) is 0 Å². The fraction of sp³-hybridized carbons (Fsp3) is 0.429. The number of carboxylic acid groups (broad SMARTS) is 1. The average molecular weight is 223 g/mol. The number of nitrogens with two attached hydrogens (primary N) is 1. The van der Waals surface area contributed by atoms with Gasteiger partial charge in [0.15, 0.2) is 11.7 Å². The first-order valence-electron chi connectivity index (χ1n) is 3.91. The predicted octanol–water partition coefficient (Wildman–Crippen LogP) is 0.486. The van der Waals surface area contributed by atoms with Gasteiger partial charge < -0.3 is 10.8 Å². The first kappa shape index (κ1) is 11.5. The van der Waals surface area contributed by atoms with Crippen LogP contribution in [0.25, 0.3) is 0 Å². The second-order valence-corrected chi connectivity index (χ2v) is 2.77. The molecule has 1 heterocycles. The lowest BCUT2D eigenvalue weighted by Crippen LogP contribution is -2.27. The maximum atomic E-state index is 12.1. The Bertz CT molecular complexity index is 361. The predicted molar refractivity (Wildman–Crippen MR) is 43.0 cm³/mol. The highest BCUT2D eigenvalue weighted by molar-refractivity contribution is 5.71. The third-order valence-corrected chi connectivity index (χ3v) is 1.73. The van der Waals surface area contributed by atoms with E-state index >= 15 is 0 Å². The normalized spacial score (nSPS) is 13.9. The third kappa shape index (κ3) is 2.46. The summed E-state index contributed by atoms with van der Waals surface area (Å²) in [7, 11) is 0. The van der Waals surface area contributed by atoms with Gasteiger partial charge in [-0.3, -0.25) is 4.68 Å². The number of halogens is 3. The van der Waals surface area contributed by atoms with E-state index in [9.17, 15) is 18.0 Å². The van der Waals surface area contributed by atoms with Crippen molar-refractivity contribution in [1.29, 1.82) is 0 Å². The van der Waals surface area contributed by atoms with E-state index in [0.717, 1.165) is 6.20 Å². The number of hydrogen-bond acceptors (Lipinski definition) is 3. The lowest BCUT2D eigenvalue weighted by molar-refractivity contribution is -0.144. The summed E-state index contributed by atoms with van der Waals surface area (Å²) in [6.45, 7) is -0.325. The molecule has 3 N–H and O–H groups in total. The Balaban J connectivity index is 2.97. The SMILES string of the molecule is NCC(C(=O)O)n1ccc(C(F)(F)F)n1. The summed E-state index contributed by atoms with van der Waals surface area (Å²) in [4.78, 5) is 10.6. The van der Waals surface area contributed by atoms with Crippen molar-refractivity contribution in [3.63, 3.8) is 0 Å². The lowest BCUT2D eigenvalue weighted by Gasteiger charge is -2.09. The van der Waals surface area contributed by atoms with E-state index in [4.69, 9.17) is 10.8 Å². The highest BCUT2D eigenvalue weighted by Gasteiger charge is 2.34. The van der Waals surface area contributed by atoms with Crippen molar-refractivity contribution in [2.45, 2.75) is 12.2 Å². The number of alkyl halides is 3. The Morgan fingerprint density at radius 1 is 1.67 bits per heavy atom. The second-order valence-electron chi connectivity index (χ2n) is 2.77. The summed E-state index contributed by atoms with van der Waals surface area (Å²) in [6.07, 6.45) is -3.64. The van der Waals surface area contributed by atoms with Gasteiger partial charge in [0.25, 0.3) is 0 Å². The van der Waals surface area contributed by atoms with E-state index in [-0.39, 0.29) is 6.54 Å². The summed E-state index contributed by atoms with van der Waals surface area (Å²) < 4.78 is 37.0. The van der Waals surface area contributed by atoms with Crippen LogP contribution < -0.4 is 5.73 Å².